The molecule has 6 atom stereocenters. The molecule has 1 saturated carbocycles. The van der Waals surface area contributed by atoms with Crippen LogP contribution in [0.3, 0.4) is 0 Å². The number of nitrogens with zero attached hydrogens (tertiary/aromatic N) is 2. The number of amides is 4. The summed E-state index contributed by atoms with van der Waals surface area (Å²) in [5, 5.41) is 19.8. The number of hydrogen-bond donors (Lipinski definition) is 2. The number of ether oxygens (including phenoxy) is 2. The average molecular weight is 655 g/mol. The lowest BCUT2D eigenvalue weighted by molar-refractivity contribution is -0.138. The zero-order valence-electron chi connectivity index (χ0n) is 24.3. The highest BCUT2D eigenvalue weighted by Crippen LogP contribution is 2.63. The van der Waals surface area contributed by atoms with Gasteiger partial charge < -0.3 is 19.7 Å². The molecule has 2 aliphatic carbocycles. The third-order valence-electron chi connectivity index (χ3n) is 9.41. The van der Waals surface area contributed by atoms with E-state index in [4.69, 9.17) is 32.7 Å². The Balaban J connectivity index is 1.46. The van der Waals surface area contributed by atoms with Crippen molar-refractivity contribution in [1.29, 1.82) is 0 Å². The third kappa shape index (κ3) is 4.20. The maximum atomic E-state index is 14.1. The Kier molecular flexibility index (Phi) is 7.24. The topological polar surface area (TPSA) is 151 Å². The van der Waals surface area contributed by atoms with Crippen LogP contribution in [0.4, 0.5) is 5.69 Å². The molecule has 2 aromatic rings. The van der Waals surface area contributed by atoms with Crippen LogP contribution in [0.15, 0.2) is 54.1 Å². The summed E-state index contributed by atoms with van der Waals surface area (Å²) in [4.78, 5) is 64.6. The van der Waals surface area contributed by atoms with Gasteiger partial charge in [-0.25, -0.2) is 4.79 Å². The van der Waals surface area contributed by atoms with Crippen molar-refractivity contribution >= 4 is 64.6 Å². The van der Waals surface area contributed by atoms with Gasteiger partial charge in [0.05, 0.1) is 37.3 Å². The number of phenolic OH excluding ortho intramolecular Hbond substituents is 1. The minimum absolute atomic E-state index is 0.0862. The lowest BCUT2D eigenvalue weighted by atomic mass is 9.57. The number of aromatic carboxylic acids is 1. The Morgan fingerprint density at radius 1 is 1.00 bits per heavy atom. The van der Waals surface area contributed by atoms with Crippen molar-refractivity contribution < 1.29 is 43.7 Å². The number of hydrogen-bond acceptors (Lipinski definition) is 8. The van der Waals surface area contributed by atoms with E-state index in [0.29, 0.717) is 11.1 Å². The number of allylic oxidation sites excluding steroid dienone is 3. The first-order chi connectivity index (χ1) is 21.3. The van der Waals surface area contributed by atoms with E-state index in [0.717, 1.165) is 9.80 Å². The number of benzene rings is 2. The first-order valence-electron chi connectivity index (χ1n) is 14.0. The normalized spacial score (nSPS) is 30.7. The quantitative estimate of drug-likeness (QED) is 0.269. The van der Waals surface area contributed by atoms with Gasteiger partial charge in [-0.3, -0.25) is 29.0 Å². The van der Waals surface area contributed by atoms with E-state index in [2.05, 4.69) is 0 Å². The number of rotatable bonds is 6. The monoisotopic (exact) mass is 654 g/mol. The van der Waals surface area contributed by atoms with Crippen molar-refractivity contribution in [3.8, 4) is 17.2 Å². The van der Waals surface area contributed by atoms with E-state index in [1.54, 1.807) is 30.4 Å². The molecule has 45 heavy (non-hydrogen) atoms. The summed E-state index contributed by atoms with van der Waals surface area (Å²) in [6, 6.07) is 8.65. The van der Waals surface area contributed by atoms with Crippen LogP contribution in [0, 0.1) is 23.7 Å². The number of anilines is 1. The van der Waals surface area contributed by atoms with E-state index >= 15 is 0 Å². The number of carbonyl (C=O) groups is 5. The van der Waals surface area contributed by atoms with Gasteiger partial charge in [-0.05, 0) is 54.7 Å². The van der Waals surface area contributed by atoms with E-state index in [9.17, 15) is 34.2 Å². The highest BCUT2D eigenvalue weighted by molar-refractivity contribution is 6.53. The van der Waals surface area contributed by atoms with Crippen LogP contribution in [0.25, 0.3) is 6.08 Å². The van der Waals surface area contributed by atoms with Crippen molar-refractivity contribution in [2.75, 3.05) is 26.2 Å². The molecule has 0 spiro atoms. The first-order valence-corrected chi connectivity index (χ1v) is 14.8. The summed E-state index contributed by atoms with van der Waals surface area (Å²) in [5.41, 5.74) is 1.15. The summed E-state index contributed by atoms with van der Waals surface area (Å²) in [5.74, 6) is -7.01. The van der Waals surface area contributed by atoms with Crippen molar-refractivity contribution in [2.45, 2.75) is 22.6 Å². The fourth-order valence-electron chi connectivity index (χ4n) is 7.24. The molecular formula is C32H28Cl2N2O9. The average Bonchev–Trinajstić information content (AvgIpc) is 3.35. The predicted molar refractivity (Wildman–Crippen MR) is 162 cm³/mol. The van der Waals surface area contributed by atoms with Crippen LogP contribution >= 0.6 is 23.2 Å². The van der Waals surface area contributed by atoms with Gasteiger partial charge in [0, 0.05) is 13.0 Å². The summed E-state index contributed by atoms with van der Waals surface area (Å²) >= 11 is 14.3. The molecular weight excluding hydrogens is 627 g/mol. The SMILES string of the molecule is COc1cc(C=CC2C3=CCC4C(=O)N(c5cccc(C(=O)O)c5)C(=O)C4C3CC3(Cl)C(=O)N(C)C(=O)C23Cl)cc(OC)c1O. The first kappa shape index (κ1) is 30.7. The van der Waals surface area contributed by atoms with Crippen molar-refractivity contribution in [2.24, 2.45) is 23.7 Å². The molecule has 2 N–H and O–H groups in total. The van der Waals surface area contributed by atoms with E-state index in [1.807, 2.05) is 0 Å². The van der Waals surface area contributed by atoms with Gasteiger partial charge >= 0.3 is 5.97 Å². The van der Waals surface area contributed by atoms with Crippen LogP contribution in [-0.4, -0.2) is 75.7 Å². The van der Waals surface area contributed by atoms with Crippen LogP contribution in [0.1, 0.15) is 28.8 Å². The maximum Gasteiger partial charge on any atom is 0.335 e. The zero-order valence-corrected chi connectivity index (χ0v) is 25.8. The van der Waals surface area contributed by atoms with Crippen molar-refractivity contribution in [3.63, 3.8) is 0 Å². The molecule has 4 aliphatic rings. The Morgan fingerprint density at radius 2 is 1.67 bits per heavy atom. The van der Waals surface area contributed by atoms with Gasteiger partial charge in [-0.2, -0.15) is 0 Å². The number of carboxylic acid groups (broad SMARTS) is 1. The molecule has 13 heteroatoms. The van der Waals surface area contributed by atoms with E-state index in [-0.39, 0.29) is 41.3 Å². The van der Waals surface area contributed by atoms with Crippen LogP contribution in [0.2, 0.25) is 0 Å². The lowest BCUT2D eigenvalue weighted by Gasteiger charge is -2.49. The zero-order chi connectivity index (χ0) is 32.6. The minimum atomic E-state index is -1.95. The van der Waals surface area contributed by atoms with Gasteiger partial charge in [0.1, 0.15) is 0 Å². The molecule has 2 aliphatic heterocycles. The van der Waals surface area contributed by atoms with Crippen molar-refractivity contribution in [3.05, 3.63) is 65.3 Å². The smallest absolute Gasteiger partial charge is 0.335 e. The van der Waals surface area contributed by atoms with Gasteiger partial charge in [0.2, 0.25) is 17.6 Å². The summed E-state index contributed by atoms with van der Waals surface area (Å²) < 4.78 is 10.5. The number of fused-ring (bicyclic) bond motifs is 4. The van der Waals surface area contributed by atoms with Gasteiger partial charge in [0.25, 0.3) is 11.8 Å². The largest absolute Gasteiger partial charge is 0.502 e. The number of imide groups is 2. The molecule has 2 saturated heterocycles. The summed E-state index contributed by atoms with van der Waals surface area (Å²) in [6.45, 7) is 0. The molecule has 6 rings (SSSR count). The highest BCUT2D eigenvalue weighted by atomic mass is 35.5. The third-order valence-corrected chi connectivity index (χ3v) is 10.8. The molecule has 0 bridgehead atoms. The standard InChI is InChI=1S/C32H28Cl2N2O9/c1-35-29(42)31(33)14-20-18(8-9-19-24(20)27(39)36(26(19)38)17-6-4-5-16(13-17)28(40)41)21(32(31,34)30(35)43)10-7-15-11-22(44-2)25(37)23(12-15)45-3/h4-8,10-13,19-21,24,37H,9,14H2,1-3H3,(H,40,41). The van der Waals surface area contributed by atoms with Crippen LogP contribution < -0.4 is 14.4 Å². The molecule has 6 unspecified atom stereocenters. The van der Waals surface area contributed by atoms with Crippen LogP contribution in [-0.2, 0) is 19.2 Å². The highest BCUT2D eigenvalue weighted by Gasteiger charge is 2.75. The molecule has 4 amide bonds. The second-order valence-corrected chi connectivity index (χ2v) is 12.8. The molecule has 0 radical (unpaired) electrons. The molecule has 0 aromatic heterocycles. The summed E-state index contributed by atoms with van der Waals surface area (Å²) in [6.07, 6.45) is 5.04. The Hall–Kier alpha value is -4.35. The van der Waals surface area contributed by atoms with E-state index in [1.165, 1.54) is 45.5 Å². The molecule has 2 aromatic carbocycles. The fourth-order valence-corrected chi connectivity index (χ4v) is 8.22. The van der Waals surface area contributed by atoms with Gasteiger partial charge in [-0.1, -0.05) is 29.9 Å². The Morgan fingerprint density at radius 3 is 2.29 bits per heavy atom. The second-order valence-electron chi connectivity index (χ2n) is 11.5. The number of carboxylic acids is 1. The lowest BCUT2D eigenvalue weighted by Crippen LogP contribution is -2.60. The minimum Gasteiger partial charge on any atom is -0.502 e. The van der Waals surface area contributed by atoms with E-state index < -0.39 is 63.0 Å². The number of carbonyl (C=O) groups excluding carboxylic acids is 4. The van der Waals surface area contributed by atoms with Gasteiger partial charge in [-0.15, -0.1) is 23.2 Å². The second kappa shape index (κ2) is 10.6. The van der Waals surface area contributed by atoms with Gasteiger partial charge in [0.15, 0.2) is 21.2 Å². The fraction of sp³-hybridized carbons (Fsp3) is 0.344. The number of likely N-dealkylation sites (tertiary alicyclic amines) is 1. The maximum absolute atomic E-state index is 14.1. The number of halogens is 2. The number of aromatic hydroxyl groups is 1. The number of alkyl halides is 2. The van der Waals surface area contributed by atoms with Crippen molar-refractivity contribution in [1.82, 2.24) is 4.90 Å². The predicted octanol–water partition coefficient (Wildman–Crippen LogP) is 3.85. The Bertz CT molecular complexity index is 1730. The summed E-state index contributed by atoms with van der Waals surface area (Å²) in [7, 11) is 4.06. The molecule has 3 fully saturated rings. The number of methoxy groups -OCH3 is 2. The molecule has 11 nitrogen and oxygen atoms in total. The number of phenols is 1. The molecule has 2 heterocycles. The molecule has 234 valence electrons. The van der Waals surface area contributed by atoms with Crippen LogP contribution in [0.5, 0.6) is 17.2 Å². The Labute approximate surface area is 267 Å².